The van der Waals surface area contributed by atoms with E-state index in [1.165, 1.54) is 6.42 Å². The minimum absolute atomic E-state index is 0.270. The highest BCUT2D eigenvalue weighted by molar-refractivity contribution is 9.10. The summed E-state index contributed by atoms with van der Waals surface area (Å²) in [7, 11) is 0. The van der Waals surface area contributed by atoms with Gasteiger partial charge in [-0.1, -0.05) is 6.92 Å². The number of amides is 1. The summed E-state index contributed by atoms with van der Waals surface area (Å²) in [5.41, 5.74) is 4.02. The zero-order valence-corrected chi connectivity index (χ0v) is 12.5. The highest BCUT2D eigenvalue weighted by atomic mass is 79.9. The Balaban J connectivity index is 1.84. The molecule has 1 fully saturated rings. The molecule has 1 saturated heterocycles. The lowest BCUT2D eigenvalue weighted by atomic mass is 10.1. The topological polar surface area (TPSA) is 73.4 Å². The molecule has 1 aliphatic rings. The lowest BCUT2D eigenvalue weighted by Gasteiger charge is -2.26. The predicted octanol–water partition coefficient (Wildman–Crippen LogP) is 1.76. The van der Waals surface area contributed by atoms with Gasteiger partial charge in [0.1, 0.15) is 5.69 Å². The summed E-state index contributed by atoms with van der Waals surface area (Å²) in [4.78, 5) is 14.2. The van der Waals surface area contributed by atoms with Gasteiger partial charge in [0.15, 0.2) is 0 Å². The molecule has 7 heteroatoms. The Labute approximate surface area is 120 Å². The van der Waals surface area contributed by atoms with Crippen LogP contribution in [0.15, 0.2) is 15.8 Å². The van der Waals surface area contributed by atoms with E-state index >= 15 is 0 Å². The maximum Gasteiger partial charge on any atom is 0.290 e. The van der Waals surface area contributed by atoms with E-state index in [1.54, 1.807) is 6.20 Å². The fourth-order valence-corrected chi connectivity index (χ4v) is 2.45. The van der Waals surface area contributed by atoms with Crippen LogP contribution in [0.3, 0.4) is 0 Å². The first-order chi connectivity index (χ1) is 9.20. The molecule has 1 amide bonds. The van der Waals surface area contributed by atoms with E-state index in [0.29, 0.717) is 10.2 Å². The lowest BCUT2D eigenvalue weighted by Crippen LogP contribution is -2.35. The summed E-state index contributed by atoms with van der Waals surface area (Å²) in [6.07, 6.45) is 4.57. The SMILES string of the molecule is CCCN1CCC(=NNC(=O)c2[nH]ncc2Br)CC1. The number of hydrogen-bond donors (Lipinski definition) is 2. The summed E-state index contributed by atoms with van der Waals surface area (Å²) in [5.74, 6) is -0.270. The van der Waals surface area contributed by atoms with Crippen LogP contribution in [0.4, 0.5) is 0 Å². The van der Waals surface area contributed by atoms with Gasteiger partial charge in [-0.25, -0.2) is 5.43 Å². The van der Waals surface area contributed by atoms with Crippen LogP contribution in [-0.2, 0) is 0 Å². The molecule has 0 saturated carbocycles. The first kappa shape index (κ1) is 14.2. The smallest absolute Gasteiger partial charge is 0.290 e. The monoisotopic (exact) mass is 327 g/mol. The minimum atomic E-state index is -0.270. The van der Waals surface area contributed by atoms with Gasteiger partial charge in [-0.2, -0.15) is 10.2 Å². The maximum absolute atomic E-state index is 11.8. The molecule has 1 aromatic heterocycles. The van der Waals surface area contributed by atoms with E-state index in [-0.39, 0.29) is 5.91 Å². The van der Waals surface area contributed by atoms with Crippen molar-refractivity contribution in [2.75, 3.05) is 19.6 Å². The first-order valence-electron chi connectivity index (χ1n) is 6.47. The standard InChI is InChI=1S/C12H18BrN5O/c1-2-5-18-6-3-9(4-7-18)15-17-12(19)11-10(13)8-14-16-11/h8H,2-7H2,1H3,(H,14,16)(H,17,19). The number of hydrogen-bond acceptors (Lipinski definition) is 4. The van der Waals surface area contributed by atoms with Crippen LogP contribution in [0.2, 0.25) is 0 Å². The van der Waals surface area contributed by atoms with Crippen LogP contribution < -0.4 is 5.43 Å². The number of piperidine rings is 1. The summed E-state index contributed by atoms with van der Waals surface area (Å²) in [5, 5.41) is 10.6. The van der Waals surface area contributed by atoms with Crippen molar-refractivity contribution in [2.24, 2.45) is 5.10 Å². The van der Waals surface area contributed by atoms with Gasteiger partial charge >= 0.3 is 0 Å². The Bertz CT molecular complexity index is 460. The van der Waals surface area contributed by atoms with Crippen LogP contribution in [-0.4, -0.2) is 46.4 Å². The fraction of sp³-hybridized carbons (Fsp3) is 0.583. The largest absolute Gasteiger partial charge is 0.303 e. The predicted molar refractivity (Wildman–Crippen MR) is 77.2 cm³/mol. The molecule has 6 nitrogen and oxygen atoms in total. The van der Waals surface area contributed by atoms with Crippen molar-refractivity contribution in [3.63, 3.8) is 0 Å². The normalized spacial score (nSPS) is 16.4. The van der Waals surface area contributed by atoms with Gasteiger partial charge in [0.25, 0.3) is 5.91 Å². The third-order valence-electron chi connectivity index (χ3n) is 3.11. The molecule has 0 radical (unpaired) electrons. The molecule has 104 valence electrons. The molecule has 1 aromatic rings. The average Bonchev–Trinajstić information content (AvgIpc) is 2.84. The quantitative estimate of drug-likeness (QED) is 0.827. The molecule has 0 spiro atoms. The van der Waals surface area contributed by atoms with Crippen LogP contribution >= 0.6 is 15.9 Å². The number of halogens is 1. The van der Waals surface area contributed by atoms with Crippen molar-refractivity contribution in [1.82, 2.24) is 20.5 Å². The van der Waals surface area contributed by atoms with E-state index < -0.39 is 0 Å². The molecule has 2 rings (SSSR count). The Morgan fingerprint density at radius 1 is 1.58 bits per heavy atom. The highest BCUT2D eigenvalue weighted by Crippen LogP contribution is 2.12. The molecular weight excluding hydrogens is 310 g/mol. The van der Waals surface area contributed by atoms with Gasteiger partial charge < -0.3 is 4.90 Å². The number of likely N-dealkylation sites (tertiary alicyclic amines) is 1. The summed E-state index contributed by atoms with van der Waals surface area (Å²) in [6, 6.07) is 0. The van der Waals surface area contributed by atoms with Gasteiger partial charge in [0.2, 0.25) is 0 Å². The average molecular weight is 328 g/mol. The van der Waals surface area contributed by atoms with Crippen LogP contribution in [0.1, 0.15) is 36.7 Å². The van der Waals surface area contributed by atoms with Gasteiger partial charge in [0, 0.05) is 31.6 Å². The summed E-state index contributed by atoms with van der Waals surface area (Å²) < 4.78 is 0.642. The van der Waals surface area contributed by atoms with Gasteiger partial charge in [-0.3, -0.25) is 9.89 Å². The molecule has 0 atom stereocenters. The fourth-order valence-electron chi connectivity index (χ4n) is 2.08. The number of rotatable bonds is 4. The van der Waals surface area contributed by atoms with Crippen LogP contribution in [0, 0.1) is 0 Å². The zero-order valence-electron chi connectivity index (χ0n) is 10.9. The molecule has 0 unspecified atom stereocenters. The lowest BCUT2D eigenvalue weighted by molar-refractivity contribution is 0.0948. The third-order valence-corrected chi connectivity index (χ3v) is 3.71. The number of carbonyl (C=O) groups is 1. The zero-order chi connectivity index (χ0) is 13.7. The number of nitrogens with zero attached hydrogens (tertiary/aromatic N) is 3. The van der Waals surface area contributed by atoms with Crippen LogP contribution in [0.5, 0.6) is 0 Å². The van der Waals surface area contributed by atoms with Crippen molar-refractivity contribution in [3.8, 4) is 0 Å². The van der Waals surface area contributed by atoms with Gasteiger partial charge in [-0.15, -0.1) is 0 Å². The van der Waals surface area contributed by atoms with Gasteiger partial charge in [-0.05, 0) is 28.9 Å². The molecule has 0 bridgehead atoms. The van der Waals surface area contributed by atoms with E-state index in [1.807, 2.05) is 0 Å². The maximum atomic E-state index is 11.8. The van der Waals surface area contributed by atoms with E-state index in [2.05, 4.69) is 48.5 Å². The van der Waals surface area contributed by atoms with Gasteiger partial charge in [0.05, 0.1) is 10.7 Å². The first-order valence-corrected chi connectivity index (χ1v) is 7.27. The number of carbonyl (C=O) groups excluding carboxylic acids is 1. The van der Waals surface area contributed by atoms with Crippen LogP contribution in [0.25, 0.3) is 0 Å². The van der Waals surface area contributed by atoms with E-state index in [0.717, 1.165) is 38.2 Å². The highest BCUT2D eigenvalue weighted by Gasteiger charge is 2.15. The number of hydrazone groups is 1. The van der Waals surface area contributed by atoms with E-state index in [4.69, 9.17) is 0 Å². The number of nitrogens with one attached hydrogen (secondary N) is 2. The number of aromatic nitrogens is 2. The van der Waals surface area contributed by atoms with Crippen molar-refractivity contribution in [3.05, 3.63) is 16.4 Å². The Kier molecular flexibility index (Phi) is 5.09. The number of aromatic amines is 1. The Morgan fingerprint density at radius 2 is 2.32 bits per heavy atom. The van der Waals surface area contributed by atoms with Crippen molar-refractivity contribution < 1.29 is 4.79 Å². The number of H-pyrrole nitrogens is 1. The molecule has 0 aromatic carbocycles. The Hall–Kier alpha value is -1.21. The van der Waals surface area contributed by atoms with Crippen molar-refractivity contribution in [2.45, 2.75) is 26.2 Å². The molecule has 19 heavy (non-hydrogen) atoms. The minimum Gasteiger partial charge on any atom is -0.303 e. The van der Waals surface area contributed by atoms with Crippen molar-refractivity contribution in [1.29, 1.82) is 0 Å². The summed E-state index contributed by atoms with van der Waals surface area (Å²) >= 11 is 3.25. The second-order valence-electron chi connectivity index (χ2n) is 4.55. The second-order valence-corrected chi connectivity index (χ2v) is 5.41. The molecular formula is C12H18BrN5O. The van der Waals surface area contributed by atoms with E-state index in [9.17, 15) is 4.79 Å². The third kappa shape index (κ3) is 3.87. The Morgan fingerprint density at radius 3 is 2.89 bits per heavy atom. The molecule has 2 N–H and O–H groups in total. The molecule has 2 heterocycles. The molecule has 1 aliphatic heterocycles. The second kappa shape index (κ2) is 6.81. The summed E-state index contributed by atoms with van der Waals surface area (Å²) in [6.45, 7) is 5.37. The molecule has 0 aliphatic carbocycles. The van der Waals surface area contributed by atoms with Crippen molar-refractivity contribution >= 4 is 27.5 Å².